The minimum absolute atomic E-state index is 0.128. The largest absolute Gasteiger partial charge is 0.497 e. The fourth-order valence-corrected chi connectivity index (χ4v) is 2.20. The van der Waals surface area contributed by atoms with E-state index in [9.17, 15) is 9.90 Å². The van der Waals surface area contributed by atoms with E-state index in [0.717, 1.165) is 0 Å². The third kappa shape index (κ3) is 2.76. The highest BCUT2D eigenvalue weighted by Gasteiger charge is 2.18. The standard InChI is InChI=1S/C16H14N4O4/c1-23-10-6-7-12(24-2)11(9-10)18-19-15-14(16(21)22)17-13-5-3-4-8-20(13)15/h3-9H,1-2H3,(H,21,22). The summed E-state index contributed by atoms with van der Waals surface area (Å²) in [6.45, 7) is 0. The van der Waals surface area contributed by atoms with Crippen LogP contribution in [-0.2, 0) is 0 Å². The van der Waals surface area contributed by atoms with Crippen LogP contribution in [0, 0.1) is 0 Å². The van der Waals surface area contributed by atoms with Crippen molar-refractivity contribution in [3.05, 3.63) is 48.3 Å². The first-order valence-corrected chi connectivity index (χ1v) is 6.98. The van der Waals surface area contributed by atoms with E-state index in [-0.39, 0.29) is 11.5 Å². The van der Waals surface area contributed by atoms with Gasteiger partial charge in [0.2, 0.25) is 0 Å². The van der Waals surface area contributed by atoms with Gasteiger partial charge in [0, 0.05) is 12.3 Å². The van der Waals surface area contributed by atoms with Crippen molar-refractivity contribution >= 4 is 23.1 Å². The molecule has 0 unspecified atom stereocenters. The van der Waals surface area contributed by atoms with Gasteiger partial charge in [0.05, 0.1) is 14.2 Å². The van der Waals surface area contributed by atoms with Crippen LogP contribution in [0.2, 0.25) is 0 Å². The summed E-state index contributed by atoms with van der Waals surface area (Å²) in [5.41, 5.74) is 0.715. The molecule has 0 amide bonds. The molecule has 122 valence electrons. The number of hydrogen-bond donors (Lipinski definition) is 1. The molecule has 8 heteroatoms. The second-order valence-corrected chi connectivity index (χ2v) is 4.76. The molecule has 1 N–H and O–H groups in total. The molecule has 0 aliphatic carbocycles. The van der Waals surface area contributed by atoms with Crippen molar-refractivity contribution in [1.82, 2.24) is 9.38 Å². The smallest absolute Gasteiger partial charge is 0.358 e. The van der Waals surface area contributed by atoms with Gasteiger partial charge >= 0.3 is 5.97 Å². The van der Waals surface area contributed by atoms with Crippen LogP contribution >= 0.6 is 0 Å². The predicted octanol–water partition coefficient (Wildman–Crippen LogP) is 3.47. The number of methoxy groups -OCH3 is 2. The number of carboxylic acid groups (broad SMARTS) is 1. The molecule has 0 aliphatic heterocycles. The van der Waals surface area contributed by atoms with Gasteiger partial charge in [-0.25, -0.2) is 9.78 Å². The van der Waals surface area contributed by atoms with Gasteiger partial charge in [0.25, 0.3) is 0 Å². The first-order valence-electron chi connectivity index (χ1n) is 6.98. The number of benzene rings is 1. The summed E-state index contributed by atoms with van der Waals surface area (Å²) in [6, 6.07) is 10.3. The molecule has 0 bridgehead atoms. The van der Waals surface area contributed by atoms with E-state index in [1.807, 2.05) is 0 Å². The Kier molecular flexibility index (Phi) is 4.11. The highest BCUT2D eigenvalue weighted by Crippen LogP contribution is 2.33. The van der Waals surface area contributed by atoms with Crippen molar-refractivity contribution in [2.45, 2.75) is 0 Å². The summed E-state index contributed by atoms with van der Waals surface area (Å²) >= 11 is 0. The highest BCUT2D eigenvalue weighted by atomic mass is 16.5. The number of carboxylic acids is 1. The minimum atomic E-state index is -1.18. The number of pyridine rings is 1. The van der Waals surface area contributed by atoms with Gasteiger partial charge in [-0.2, -0.15) is 0 Å². The van der Waals surface area contributed by atoms with E-state index in [2.05, 4.69) is 15.2 Å². The number of aromatic nitrogens is 2. The molecule has 0 saturated heterocycles. The summed E-state index contributed by atoms with van der Waals surface area (Å²) in [4.78, 5) is 15.5. The lowest BCUT2D eigenvalue weighted by Crippen LogP contribution is -1.96. The Morgan fingerprint density at radius 2 is 2.00 bits per heavy atom. The van der Waals surface area contributed by atoms with Crippen LogP contribution in [-0.4, -0.2) is 34.7 Å². The Morgan fingerprint density at radius 3 is 2.71 bits per heavy atom. The summed E-state index contributed by atoms with van der Waals surface area (Å²) in [5.74, 6) is 0.0276. The van der Waals surface area contributed by atoms with Gasteiger partial charge in [-0.1, -0.05) is 6.07 Å². The van der Waals surface area contributed by atoms with Crippen LogP contribution in [0.1, 0.15) is 10.5 Å². The van der Waals surface area contributed by atoms with Crippen molar-refractivity contribution in [3.8, 4) is 11.5 Å². The number of aromatic carboxylic acids is 1. The number of nitrogens with zero attached hydrogens (tertiary/aromatic N) is 4. The molecule has 0 radical (unpaired) electrons. The summed E-state index contributed by atoms with van der Waals surface area (Å²) < 4.78 is 11.9. The molecule has 1 aromatic carbocycles. The Bertz CT molecular complexity index is 933. The molecule has 0 aliphatic rings. The van der Waals surface area contributed by atoms with Gasteiger partial charge in [0.15, 0.2) is 11.5 Å². The Labute approximate surface area is 137 Å². The number of imidazole rings is 1. The molecule has 3 aromatic rings. The predicted molar refractivity (Wildman–Crippen MR) is 85.9 cm³/mol. The lowest BCUT2D eigenvalue weighted by Gasteiger charge is -2.05. The Balaban J connectivity index is 2.11. The van der Waals surface area contributed by atoms with E-state index in [1.165, 1.54) is 14.2 Å². The zero-order valence-electron chi connectivity index (χ0n) is 13.0. The van der Waals surface area contributed by atoms with Gasteiger partial charge in [0.1, 0.15) is 22.8 Å². The first kappa shape index (κ1) is 15.5. The number of rotatable bonds is 5. The molecule has 24 heavy (non-hydrogen) atoms. The molecule has 0 fully saturated rings. The minimum Gasteiger partial charge on any atom is -0.497 e. The molecular weight excluding hydrogens is 312 g/mol. The zero-order valence-corrected chi connectivity index (χ0v) is 13.0. The first-order chi connectivity index (χ1) is 11.6. The molecule has 8 nitrogen and oxygen atoms in total. The summed E-state index contributed by atoms with van der Waals surface area (Å²) in [6.07, 6.45) is 1.67. The number of azo groups is 1. The third-order valence-electron chi connectivity index (χ3n) is 3.35. The second kappa shape index (κ2) is 6.37. The van der Waals surface area contributed by atoms with Crippen molar-refractivity contribution in [3.63, 3.8) is 0 Å². The SMILES string of the molecule is COc1ccc(OC)c(N=Nc2c(C(=O)O)nc3ccccn23)c1. The third-order valence-corrected chi connectivity index (χ3v) is 3.35. The van der Waals surface area contributed by atoms with E-state index < -0.39 is 5.97 Å². The molecule has 2 heterocycles. The van der Waals surface area contributed by atoms with Crippen LogP contribution < -0.4 is 9.47 Å². The Hall–Kier alpha value is -3.42. The van der Waals surface area contributed by atoms with Gasteiger partial charge in [-0.3, -0.25) is 4.40 Å². The van der Waals surface area contributed by atoms with Crippen molar-refractivity contribution in [2.24, 2.45) is 10.2 Å². The van der Waals surface area contributed by atoms with Crippen molar-refractivity contribution in [2.75, 3.05) is 14.2 Å². The average Bonchev–Trinajstić information content (AvgIpc) is 2.98. The maximum absolute atomic E-state index is 11.4. The maximum Gasteiger partial charge on any atom is 0.358 e. The normalized spacial score (nSPS) is 11.1. The maximum atomic E-state index is 11.4. The van der Waals surface area contributed by atoms with Crippen LogP contribution in [0.4, 0.5) is 11.5 Å². The monoisotopic (exact) mass is 326 g/mol. The average molecular weight is 326 g/mol. The molecule has 2 aromatic heterocycles. The fourth-order valence-electron chi connectivity index (χ4n) is 2.20. The quantitative estimate of drug-likeness (QED) is 0.724. The number of hydrogen-bond acceptors (Lipinski definition) is 6. The number of fused-ring (bicyclic) bond motifs is 1. The summed E-state index contributed by atoms with van der Waals surface area (Å²) in [5, 5.41) is 17.5. The molecule has 0 saturated carbocycles. The molecule has 0 atom stereocenters. The van der Waals surface area contributed by atoms with Crippen LogP contribution in [0.3, 0.4) is 0 Å². The van der Waals surface area contributed by atoms with E-state index in [1.54, 1.807) is 47.0 Å². The highest BCUT2D eigenvalue weighted by molar-refractivity contribution is 5.91. The van der Waals surface area contributed by atoms with Crippen LogP contribution in [0.25, 0.3) is 5.65 Å². The van der Waals surface area contributed by atoms with E-state index in [4.69, 9.17) is 9.47 Å². The summed E-state index contributed by atoms with van der Waals surface area (Å²) in [7, 11) is 3.05. The lowest BCUT2D eigenvalue weighted by atomic mass is 10.3. The Morgan fingerprint density at radius 1 is 1.17 bits per heavy atom. The molecule has 0 spiro atoms. The van der Waals surface area contributed by atoms with Crippen LogP contribution in [0.15, 0.2) is 52.8 Å². The van der Waals surface area contributed by atoms with Crippen LogP contribution in [0.5, 0.6) is 11.5 Å². The van der Waals surface area contributed by atoms with Gasteiger partial charge in [-0.15, -0.1) is 10.2 Å². The number of ether oxygens (including phenoxy) is 2. The van der Waals surface area contributed by atoms with E-state index >= 15 is 0 Å². The van der Waals surface area contributed by atoms with Crippen molar-refractivity contribution < 1.29 is 19.4 Å². The van der Waals surface area contributed by atoms with Gasteiger partial charge in [-0.05, 0) is 24.3 Å². The molecule has 3 rings (SSSR count). The topological polar surface area (TPSA) is 97.8 Å². The fraction of sp³-hybridized carbons (Fsp3) is 0.125. The second-order valence-electron chi connectivity index (χ2n) is 4.76. The molecular formula is C16H14N4O4. The zero-order chi connectivity index (χ0) is 17.1. The number of carbonyl (C=O) groups is 1. The van der Waals surface area contributed by atoms with E-state index in [0.29, 0.717) is 22.8 Å². The van der Waals surface area contributed by atoms with Gasteiger partial charge < -0.3 is 14.6 Å². The lowest BCUT2D eigenvalue weighted by molar-refractivity contribution is 0.0692. The van der Waals surface area contributed by atoms with Crippen molar-refractivity contribution in [1.29, 1.82) is 0 Å².